The summed E-state index contributed by atoms with van der Waals surface area (Å²) in [6.45, 7) is 0.145. The predicted molar refractivity (Wildman–Crippen MR) is 129 cm³/mol. The largest absolute Gasteiger partial charge is 0.383 e. The summed E-state index contributed by atoms with van der Waals surface area (Å²) in [5.41, 5.74) is 8.42. The van der Waals surface area contributed by atoms with E-state index in [0.717, 1.165) is 23.3 Å². The van der Waals surface area contributed by atoms with Crippen LogP contribution in [0.1, 0.15) is 21.5 Å². The molecule has 0 aliphatic carbocycles. The van der Waals surface area contributed by atoms with Gasteiger partial charge in [-0.2, -0.15) is 5.10 Å². The highest BCUT2D eigenvalue weighted by molar-refractivity contribution is 5.98. The molecular weight excluding hydrogens is 468 g/mol. The molecule has 5 rings (SSSR count). The molecule has 0 fully saturated rings. The zero-order chi connectivity index (χ0) is 25.2. The fourth-order valence-corrected chi connectivity index (χ4v) is 3.87. The zero-order valence-electron chi connectivity index (χ0n) is 18.7. The van der Waals surface area contributed by atoms with Crippen LogP contribution in [-0.4, -0.2) is 30.6 Å². The van der Waals surface area contributed by atoms with Crippen molar-refractivity contribution in [3.63, 3.8) is 0 Å². The van der Waals surface area contributed by atoms with Gasteiger partial charge < -0.3 is 15.6 Å². The van der Waals surface area contributed by atoms with Crippen LogP contribution in [0.2, 0.25) is 0 Å². The Bertz CT molecular complexity index is 1660. The number of nitrogen functional groups attached to an aromatic ring is 1. The van der Waals surface area contributed by atoms with Gasteiger partial charge in [0.05, 0.1) is 17.6 Å². The van der Waals surface area contributed by atoms with Crippen molar-refractivity contribution in [1.82, 2.24) is 30.0 Å². The molecule has 3 aromatic heterocycles. The fraction of sp³-hybridized carbons (Fsp3) is 0.0800. The van der Waals surface area contributed by atoms with Crippen LogP contribution < -0.4 is 16.6 Å². The van der Waals surface area contributed by atoms with Crippen molar-refractivity contribution in [3.05, 3.63) is 106 Å². The molecule has 180 valence electrons. The van der Waals surface area contributed by atoms with Crippen LogP contribution in [0.3, 0.4) is 0 Å². The quantitative estimate of drug-likeness (QED) is 0.337. The Kier molecular flexibility index (Phi) is 5.95. The number of hydrogen-bond acceptors (Lipinski definition) is 6. The lowest BCUT2D eigenvalue weighted by atomic mass is 10.1. The average molecular weight is 487 g/mol. The number of carbonyl (C=O) groups is 1. The van der Waals surface area contributed by atoms with E-state index in [4.69, 9.17) is 5.73 Å². The summed E-state index contributed by atoms with van der Waals surface area (Å²) >= 11 is 0. The van der Waals surface area contributed by atoms with Crippen molar-refractivity contribution in [3.8, 4) is 11.3 Å². The van der Waals surface area contributed by atoms with E-state index in [2.05, 4.69) is 25.5 Å². The van der Waals surface area contributed by atoms with Gasteiger partial charge in [-0.1, -0.05) is 24.3 Å². The number of fused-ring (bicyclic) bond motifs is 1. The Morgan fingerprint density at radius 1 is 1.03 bits per heavy atom. The van der Waals surface area contributed by atoms with Crippen molar-refractivity contribution in [2.45, 2.75) is 13.1 Å². The van der Waals surface area contributed by atoms with Crippen molar-refractivity contribution >= 4 is 22.8 Å². The van der Waals surface area contributed by atoms with Crippen LogP contribution in [0.4, 0.5) is 14.6 Å². The third kappa shape index (κ3) is 4.41. The van der Waals surface area contributed by atoms with Gasteiger partial charge in [-0.3, -0.25) is 14.7 Å². The molecule has 5 aromatic rings. The second-order valence-corrected chi connectivity index (χ2v) is 8.04. The van der Waals surface area contributed by atoms with E-state index in [1.54, 1.807) is 6.07 Å². The van der Waals surface area contributed by atoms with Gasteiger partial charge in [0.15, 0.2) is 17.3 Å². The van der Waals surface area contributed by atoms with Gasteiger partial charge in [0.1, 0.15) is 17.7 Å². The number of hydrogen-bond donors (Lipinski definition) is 3. The van der Waals surface area contributed by atoms with Crippen LogP contribution >= 0.6 is 0 Å². The first-order chi connectivity index (χ1) is 17.4. The number of amides is 1. The van der Waals surface area contributed by atoms with Crippen molar-refractivity contribution in [2.24, 2.45) is 0 Å². The summed E-state index contributed by atoms with van der Waals surface area (Å²) in [5, 5.41) is 10.4. The Morgan fingerprint density at radius 3 is 2.72 bits per heavy atom. The SMILES string of the molecule is Nc1ncnc2n[nH]c(-c3cccc(CNC(=O)c4cccn(Cc5ccc(F)c(F)c5)c4=O)c3)c12. The second-order valence-electron chi connectivity index (χ2n) is 8.04. The van der Waals surface area contributed by atoms with Gasteiger partial charge >= 0.3 is 0 Å². The molecule has 36 heavy (non-hydrogen) atoms. The fourth-order valence-electron chi connectivity index (χ4n) is 3.87. The molecule has 0 bridgehead atoms. The molecule has 9 nitrogen and oxygen atoms in total. The molecule has 3 heterocycles. The number of anilines is 1. The van der Waals surface area contributed by atoms with Crippen LogP contribution in [0.15, 0.2) is 71.9 Å². The van der Waals surface area contributed by atoms with E-state index in [1.807, 2.05) is 24.3 Å². The minimum Gasteiger partial charge on any atom is -0.383 e. The van der Waals surface area contributed by atoms with Crippen molar-refractivity contribution in [1.29, 1.82) is 0 Å². The van der Waals surface area contributed by atoms with E-state index < -0.39 is 23.1 Å². The molecule has 0 atom stereocenters. The van der Waals surface area contributed by atoms with Gasteiger partial charge in [-0.05, 0) is 41.5 Å². The maximum absolute atomic E-state index is 13.5. The highest BCUT2D eigenvalue weighted by Gasteiger charge is 2.15. The number of nitrogens with one attached hydrogen (secondary N) is 2. The minimum absolute atomic E-state index is 0.00974. The number of aromatic nitrogens is 5. The van der Waals surface area contributed by atoms with E-state index in [0.29, 0.717) is 28.1 Å². The first-order valence-corrected chi connectivity index (χ1v) is 10.9. The topological polar surface area (TPSA) is 132 Å². The molecule has 0 aliphatic heterocycles. The molecule has 0 unspecified atom stereocenters. The predicted octanol–water partition coefficient (Wildman–Crippen LogP) is 3.02. The summed E-state index contributed by atoms with van der Waals surface area (Å²) in [7, 11) is 0. The smallest absolute Gasteiger partial charge is 0.263 e. The normalized spacial score (nSPS) is 11.1. The molecule has 0 radical (unpaired) electrons. The number of pyridine rings is 1. The lowest BCUT2D eigenvalue weighted by Gasteiger charge is -2.10. The number of halogens is 2. The van der Waals surface area contributed by atoms with E-state index in [9.17, 15) is 18.4 Å². The van der Waals surface area contributed by atoms with Gasteiger partial charge in [0.25, 0.3) is 11.5 Å². The first-order valence-electron chi connectivity index (χ1n) is 10.9. The maximum atomic E-state index is 13.5. The summed E-state index contributed by atoms with van der Waals surface area (Å²) in [4.78, 5) is 33.7. The van der Waals surface area contributed by atoms with Crippen LogP contribution in [0, 0.1) is 11.6 Å². The monoisotopic (exact) mass is 487 g/mol. The second kappa shape index (κ2) is 9.37. The third-order valence-electron chi connectivity index (χ3n) is 5.65. The Hall–Kier alpha value is -4.93. The third-order valence-corrected chi connectivity index (χ3v) is 5.65. The van der Waals surface area contributed by atoms with Gasteiger partial charge in [0.2, 0.25) is 0 Å². The molecule has 0 saturated carbocycles. The summed E-state index contributed by atoms with van der Waals surface area (Å²) < 4.78 is 28.0. The van der Waals surface area contributed by atoms with Crippen molar-refractivity contribution < 1.29 is 13.6 Å². The number of benzene rings is 2. The zero-order valence-corrected chi connectivity index (χ0v) is 18.7. The number of aromatic amines is 1. The van der Waals surface area contributed by atoms with E-state index in [-0.39, 0.29) is 18.7 Å². The van der Waals surface area contributed by atoms with E-state index in [1.165, 1.54) is 29.2 Å². The molecule has 11 heteroatoms. The molecule has 0 spiro atoms. The number of nitrogens with two attached hydrogens (primary N) is 1. The molecular formula is C25H19F2N7O2. The molecule has 0 saturated heterocycles. The Balaban J connectivity index is 1.33. The first kappa shape index (κ1) is 22.8. The van der Waals surface area contributed by atoms with Crippen LogP contribution in [0.5, 0.6) is 0 Å². The van der Waals surface area contributed by atoms with Crippen LogP contribution in [0.25, 0.3) is 22.3 Å². The average Bonchev–Trinajstić information content (AvgIpc) is 3.32. The lowest BCUT2D eigenvalue weighted by molar-refractivity contribution is 0.0948. The highest BCUT2D eigenvalue weighted by Crippen LogP contribution is 2.28. The van der Waals surface area contributed by atoms with Gasteiger partial charge in [0, 0.05) is 18.3 Å². The number of nitrogens with zero attached hydrogens (tertiary/aromatic N) is 4. The summed E-state index contributed by atoms with van der Waals surface area (Å²) in [6.07, 6.45) is 2.82. The molecule has 1 amide bonds. The molecule has 0 aliphatic rings. The van der Waals surface area contributed by atoms with Gasteiger partial charge in [-0.25, -0.2) is 18.7 Å². The van der Waals surface area contributed by atoms with E-state index >= 15 is 0 Å². The van der Waals surface area contributed by atoms with Crippen molar-refractivity contribution in [2.75, 3.05) is 5.73 Å². The van der Waals surface area contributed by atoms with Crippen LogP contribution in [-0.2, 0) is 13.1 Å². The number of H-pyrrole nitrogens is 1. The maximum Gasteiger partial charge on any atom is 0.263 e. The Labute approximate surface area is 202 Å². The lowest BCUT2D eigenvalue weighted by Crippen LogP contribution is -2.32. The Morgan fingerprint density at radius 2 is 1.89 bits per heavy atom. The molecule has 4 N–H and O–H groups in total. The summed E-state index contributed by atoms with van der Waals surface area (Å²) in [6, 6.07) is 13.7. The number of carbonyl (C=O) groups excluding carboxylic acids is 1. The number of rotatable bonds is 6. The van der Waals surface area contributed by atoms with Gasteiger partial charge in [-0.15, -0.1) is 0 Å². The summed E-state index contributed by atoms with van der Waals surface area (Å²) in [5.74, 6) is -2.24. The molecule has 2 aromatic carbocycles. The highest BCUT2D eigenvalue weighted by atomic mass is 19.2. The standard InChI is InChI=1S/C25H19F2N7O2/c26-18-7-6-15(10-19(18)27)12-34-8-2-5-17(25(34)36)24(35)29-11-14-3-1-4-16(9-14)21-20-22(28)30-13-31-23(20)33-32-21/h1-10,13H,11-12H2,(H,29,35)(H3,28,30,31,32,33). The minimum atomic E-state index is -1.00.